The zero-order valence-electron chi connectivity index (χ0n) is 9.92. The van der Waals surface area contributed by atoms with E-state index >= 15 is 0 Å². The Morgan fingerprint density at radius 1 is 1.27 bits per heavy atom. The Hall–Kier alpha value is -0.120. The van der Waals surface area contributed by atoms with Crippen molar-refractivity contribution in [3.05, 3.63) is 0 Å². The summed E-state index contributed by atoms with van der Waals surface area (Å²) in [5.41, 5.74) is 0.193. The average molecular weight is 213 g/mol. The molecule has 0 radical (unpaired) electrons. The van der Waals surface area contributed by atoms with Crippen LogP contribution in [0.1, 0.15) is 33.1 Å². The number of hydrogen-bond donors (Lipinski definition) is 1. The van der Waals surface area contributed by atoms with Crippen molar-refractivity contribution in [2.45, 2.75) is 44.8 Å². The summed E-state index contributed by atoms with van der Waals surface area (Å²) in [6.45, 7) is 8.35. The second-order valence-corrected chi connectivity index (χ2v) is 5.12. The third-order valence-corrected chi connectivity index (χ3v) is 4.02. The molecule has 0 aromatic rings. The van der Waals surface area contributed by atoms with Gasteiger partial charge in [0.05, 0.1) is 6.10 Å². The molecule has 2 saturated heterocycles. The van der Waals surface area contributed by atoms with Crippen LogP contribution in [0.5, 0.6) is 0 Å². The lowest BCUT2D eigenvalue weighted by Crippen LogP contribution is -2.49. The quantitative estimate of drug-likeness (QED) is 0.772. The monoisotopic (exact) mass is 213 g/mol. The predicted octanol–water partition coefficient (Wildman–Crippen LogP) is 1.57. The van der Waals surface area contributed by atoms with Gasteiger partial charge in [-0.25, -0.2) is 0 Å². The molecular weight excluding hydrogens is 190 g/mol. The van der Waals surface area contributed by atoms with Crippen LogP contribution < -0.4 is 5.32 Å². The minimum absolute atomic E-state index is 0.193. The summed E-state index contributed by atoms with van der Waals surface area (Å²) in [6, 6.07) is 0. The van der Waals surface area contributed by atoms with Crippen LogP contribution in [0.3, 0.4) is 0 Å². The van der Waals surface area contributed by atoms with Gasteiger partial charge in [0, 0.05) is 25.4 Å². The SMILES string of the molecule is CC1OCCC1(C)NCC1CCOCC1. The molecule has 3 nitrogen and oxygen atoms in total. The van der Waals surface area contributed by atoms with Crippen LogP contribution in [-0.4, -0.2) is 38.0 Å². The highest BCUT2D eigenvalue weighted by atomic mass is 16.5. The van der Waals surface area contributed by atoms with Crippen molar-refractivity contribution in [3.63, 3.8) is 0 Å². The maximum Gasteiger partial charge on any atom is 0.0726 e. The van der Waals surface area contributed by atoms with E-state index < -0.39 is 0 Å². The Labute approximate surface area is 92.5 Å². The average Bonchev–Trinajstić information content (AvgIpc) is 2.59. The molecule has 0 aromatic carbocycles. The summed E-state index contributed by atoms with van der Waals surface area (Å²) in [7, 11) is 0. The van der Waals surface area contributed by atoms with Crippen LogP contribution in [-0.2, 0) is 9.47 Å². The van der Waals surface area contributed by atoms with Crippen molar-refractivity contribution in [1.82, 2.24) is 5.32 Å². The zero-order valence-corrected chi connectivity index (χ0v) is 9.92. The van der Waals surface area contributed by atoms with Crippen LogP contribution in [0.25, 0.3) is 0 Å². The number of rotatable bonds is 3. The van der Waals surface area contributed by atoms with Gasteiger partial charge in [0.2, 0.25) is 0 Å². The second-order valence-electron chi connectivity index (χ2n) is 5.12. The summed E-state index contributed by atoms with van der Waals surface area (Å²) < 4.78 is 11.0. The van der Waals surface area contributed by atoms with E-state index in [0.717, 1.165) is 38.7 Å². The summed E-state index contributed by atoms with van der Waals surface area (Å²) in [5.74, 6) is 0.795. The molecule has 3 heteroatoms. The van der Waals surface area contributed by atoms with E-state index in [2.05, 4.69) is 19.2 Å². The maximum atomic E-state index is 5.62. The minimum Gasteiger partial charge on any atom is -0.381 e. The third-order valence-electron chi connectivity index (χ3n) is 4.02. The lowest BCUT2D eigenvalue weighted by molar-refractivity contribution is 0.0568. The van der Waals surface area contributed by atoms with Gasteiger partial charge in [0.25, 0.3) is 0 Å². The van der Waals surface area contributed by atoms with E-state index in [9.17, 15) is 0 Å². The van der Waals surface area contributed by atoms with E-state index in [1.165, 1.54) is 12.8 Å². The molecule has 2 heterocycles. The maximum absolute atomic E-state index is 5.62. The van der Waals surface area contributed by atoms with Gasteiger partial charge in [-0.05, 0) is 45.6 Å². The Bertz CT molecular complexity index is 204. The molecule has 2 unspecified atom stereocenters. The fourth-order valence-electron chi connectivity index (χ4n) is 2.40. The normalized spacial score (nSPS) is 38.4. The molecule has 88 valence electrons. The molecule has 2 aliphatic heterocycles. The molecule has 2 fully saturated rings. The van der Waals surface area contributed by atoms with E-state index in [1.54, 1.807) is 0 Å². The fraction of sp³-hybridized carbons (Fsp3) is 1.00. The van der Waals surface area contributed by atoms with Crippen molar-refractivity contribution in [1.29, 1.82) is 0 Å². The third kappa shape index (κ3) is 2.71. The highest BCUT2D eigenvalue weighted by Crippen LogP contribution is 2.26. The molecule has 0 aliphatic carbocycles. The van der Waals surface area contributed by atoms with Crippen LogP contribution in [0.2, 0.25) is 0 Å². The highest BCUT2D eigenvalue weighted by molar-refractivity contribution is 4.93. The van der Waals surface area contributed by atoms with E-state index in [0.29, 0.717) is 6.10 Å². The molecular formula is C12H23NO2. The summed E-state index contributed by atoms with van der Waals surface area (Å²) in [5, 5.41) is 3.70. The Morgan fingerprint density at radius 3 is 2.60 bits per heavy atom. The lowest BCUT2D eigenvalue weighted by Gasteiger charge is -2.32. The van der Waals surface area contributed by atoms with Gasteiger partial charge >= 0.3 is 0 Å². The van der Waals surface area contributed by atoms with Crippen molar-refractivity contribution in [2.24, 2.45) is 5.92 Å². The molecule has 2 rings (SSSR count). The van der Waals surface area contributed by atoms with Crippen molar-refractivity contribution < 1.29 is 9.47 Å². The largest absolute Gasteiger partial charge is 0.381 e. The Morgan fingerprint density at radius 2 is 2.00 bits per heavy atom. The topological polar surface area (TPSA) is 30.5 Å². The van der Waals surface area contributed by atoms with Gasteiger partial charge in [-0.1, -0.05) is 0 Å². The standard InChI is InChI=1S/C12H23NO2/c1-10-12(2,5-8-15-10)13-9-11-3-6-14-7-4-11/h10-11,13H,3-9H2,1-2H3. The van der Waals surface area contributed by atoms with Gasteiger partial charge in [0.1, 0.15) is 0 Å². The van der Waals surface area contributed by atoms with Crippen molar-refractivity contribution >= 4 is 0 Å². The summed E-state index contributed by atoms with van der Waals surface area (Å²) >= 11 is 0. The zero-order chi connectivity index (χ0) is 10.7. The minimum atomic E-state index is 0.193. The number of nitrogens with one attached hydrogen (secondary N) is 1. The molecule has 2 atom stereocenters. The van der Waals surface area contributed by atoms with Crippen LogP contribution in [0.4, 0.5) is 0 Å². The van der Waals surface area contributed by atoms with E-state index in [1.807, 2.05) is 0 Å². The fourth-order valence-corrected chi connectivity index (χ4v) is 2.40. The van der Waals surface area contributed by atoms with E-state index in [-0.39, 0.29) is 5.54 Å². The molecule has 0 saturated carbocycles. The Balaban J connectivity index is 1.76. The summed E-state index contributed by atoms with van der Waals surface area (Å²) in [6.07, 6.45) is 3.89. The highest BCUT2D eigenvalue weighted by Gasteiger charge is 2.36. The molecule has 0 aromatic heterocycles. The van der Waals surface area contributed by atoms with Crippen LogP contribution >= 0.6 is 0 Å². The van der Waals surface area contributed by atoms with E-state index in [4.69, 9.17) is 9.47 Å². The van der Waals surface area contributed by atoms with Gasteiger partial charge in [-0.2, -0.15) is 0 Å². The number of hydrogen-bond acceptors (Lipinski definition) is 3. The molecule has 15 heavy (non-hydrogen) atoms. The smallest absolute Gasteiger partial charge is 0.0726 e. The first kappa shape index (κ1) is 11.4. The molecule has 0 amide bonds. The lowest BCUT2D eigenvalue weighted by atomic mass is 9.92. The van der Waals surface area contributed by atoms with Crippen LogP contribution in [0, 0.1) is 5.92 Å². The van der Waals surface area contributed by atoms with Crippen LogP contribution in [0.15, 0.2) is 0 Å². The Kier molecular flexibility index (Phi) is 3.65. The second kappa shape index (κ2) is 4.81. The molecule has 0 spiro atoms. The number of ether oxygens (including phenoxy) is 2. The van der Waals surface area contributed by atoms with Gasteiger partial charge in [-0.15, -0.1) is 0 Å². The molecule has 0 bridgehead atoms. The van der Waals surface area contributed by atoms with Gasteiger partial charge < -0.3 is 14.8 Å². The first-order chi connectivity index (χ1) is 7.21. The van der Waals surface area contributed by atoms with Crippen molar-refractivity contribution in [3.8, 4) is 0 Å². The first-order valence-electron chi connectivity index (χ1n) is 6.15. The first-order valence-corrected chi connectivity index (χ1v) is 6.15. The predicted molar refractivity (Wildman–Crippen MR) is 60.0 cm³/mol. The van der Waals surface area contributed by atoms with Crippen molar-refractivity contribution in [2.75, 3.05) is 26.4 Å². The van der Waals surface area contributed by atoms with Gasteiger partial charge in [-0.3, -0.25) is 0 Å². The molecule has 1 N–H and O–H groups in total. The molecule has 2 aliphatic rings. The summed E-state index contributed by atoms with van der Waals surface area (Å²) in [4.78, 5) is 0. The van der Waals surface area contributed by atoms with Gasteiger partial charge in [0.15, 0.2) is 0 Å².